The molecular weight excluding hydrogens is 277 g/mol. The van der Waals surface area contributed by atoms with Crippen molar-refractivity contribution in [3.8, 4) is 5.75 Å². The number of carboxylic acids is 1. The zero-order chi connectivity index (χ0) is 15.4. The molecule has 1 aromatic carbocycles. The Bertz CT molecular complexity index is 513. The van der Waals surface area contributed by atoms with Crippen molar-refractivity contribution in [2.45, 2.75) is 38.3 Å². The average molecular weight is 295 g/mol. The van der Waals surface area contributed by atoms with Crippen LogP contribution in [0.2, 0.25) is 0 Å². The number of carbonyl (C=O) groups is 2. The van der Waals surface area contributed by atoms with E-state index in [-0.39, 0.29) is 0 Å². The highest BCUT2D eigenvalue weighted by Gasteiger charge is 2.31. The normalized spacial score (nSPS) is 16.9. The van der Waals surface area contributed by atoms with E-state index < -0.39 is 29.8 Å². The minimum atomic E-state index is -1.04. The Morgan fingerprint density at radius 1 is 1.38 bits per heavy atom. The molecule has 0 saturated heterocycles. The molecule has 2 N–H and O–H groups in total. The monoisotopic (exact) mass is 295 g/mol. The van der Waals surface area contributed by atoms with Crippen molar-refractivity contribution >= 4 is 11.9 Å². The summed E-state index contributed by atoms with van der Waals surface area (Å²) in [5.74, 6) is -1.18. The topological polar surface area (TPSA) is 75.6 Å². The van der Waals surface area contributed by atoms with Gasteiger partial charge in [-0.3, -0.25) is 4.79 Å². The summed E-state index contributed by atoms with van der Waals surface area (Å²) in [6, 6.07) is 4.40. The molecule has 1 aliphatic carbocycles. The number of amides is 1. The highest BCUT2D eigenvalue weighted by atomic mass is 19.1. The van der Waals surface area contributed by atoms with Crippen molar-refractivity contribution in [1.82, 2.24) is 5.32 Å². The van der Waals surface area contributed by atoms with Crippen LogP contribution in [0.1, 0.15) is 26.2 Å². The number of rotatable bonds is 7. The number of hydrogen-bond donors (Lipinski definition) is 2. The van der Waals surface area contributed by atoms with Gasteiger partial charge in [-0.2, -0.15) is 0 Å². The summed E-state index contributed by atoms with van der Waals surface area (Å²) in [7, 11) is 0. The smallest absolute Gasteiger partial charge is 0.326 e. The van der Waals surface area contributed by atoms with Gasteiger partial charge in [0.25, 0.3) is 5.91 Å². The van der Waals surface area contributed by atoms with Crippen LogP contribution < -0.4 is 10.1 Å². The summed E-state index contributed by atoms with van der Waals surface area (Å²) in [6.07, 6.45) is 1.63. The van der Waals surface area contributed by atoms with Crippen LogP contribution >= 0.6 is 0 Å². The van der Waals surface area contributed by atoms with Crippen LogP contribution in [0.5, 0.6) is 5.75 Å². The lowest BCUT2D eigenvalue weighted by Crippen LogP contribution is -2.46. The van der Waals surface area contributed by atoms with E-state index in [0.717, 1.165) is 12.8 Å². The average Bonchev–Trinajstić information content (AvgIpc) is 3.24. The van der Waals surface area contributed by atoms with E-state index in [4.69, 9.17) is 9.84 Å². The molecule has 1 amide bonds. The van der Waals surface area contributed by atoms with Crippen molar-refractivity contribution in [3.63, 3.8) is 0 Å². The molecule has 0 spiro atoms. The molecule has 2 rings (SSSR count). The minimum absolute atomic E-state index is 0.355. The Kier molecular flexibility index (Phi) is 4.77. The fraction of sp³-hybridized carbons (Fsp3) is 0.467. The number of carbonyl (C=O) groups excluding carboxylic acids is 1. The molecule has 2 atom stereocenters. The third-order valence-electron chi connectivity index (χ3n) is 3.38. The highest BCUT2D eigenvalue weighted by Crippen LogP contribution is 2.33. The summed E-state index contributed by atoms with van der Waals surface area (Å²) in [5, 5.41) is 11.6. The lowest BCUT2D eigenvalue weighted by atomic mass is 10.1. The van der Waals surface area contributed by atoms with Gasteiger partial charge < -0.3 is 15.2 Å². The van der Waals surface area contributed by atoms with Crippen molar-refractivity contribution < 1.29 is 23.8 Å². The first-order valence-electron chi connectivity index (χ1n) is 6.91. The van der Waals surface area contributed by atoms with E-state index in [2.05, 4.69) is 5.32 Å². The number of halogens is 1. The molecule has 0 bridgehead atoms. The highest BCUT2D eigenvalue weighted by molar-refractivity contribution is 5.86. The first kappa shape index (κ1) is 15.3. The van der Waals surface area contributed by atoms with Gasteiger partial charge in [0.15, 0.2) is 6.10 Å². The second-order valence-electron chi connectivity index (χ2n) is 5.29. The molecule has 5 nitrogen and oxygen atoms in total. The molecule has 0 aliphatic heterocycles. The van der Waals surface area contributed by atoms with Gasteiger partial charge in [0.2, 0.25) is 0 Å². The van der Waals surface area contributed by atoms with Gasteiger partial charge in [0.05, 0.1) is 0 Å². The van der Waals surface area contributed by atoms with E-state index in [1.165, 1.54) is 31.2 Å². The van der Waals surface area contributed by atoms with E-state index in [1.807, 2.05) is 0 Å². The van der Waals surface area contributed by atoms with E-state index >= 15 is 0 Å². The summed E-state index contributed by atoms with van der Waals surface area (Å²) in [6.45, 7) is 1.52. The lowest BCUT2D eigenvalue weighted by molar-refractivity contribution is -0.143. The van der Waals surface area contributed by atoms with Crippen molar-refractivity contribution in [1.29, 1.82) is 0 Å². The summed E-state index contributed by atoms with van der Waals surface area (Å²) >= 11 is 0. The fourth-order valence-electron chi connectivity index (χ4n) is 1.97. The zero-order valence-corrected chi connectivity index (χ0v) is 11.7. The molecule has 1 fully saturated rings. The summed E-state index contributed by atoms with van der Waals surface area (Å²) in [5.41, 5.74) is 0. The second-order valence-corrected chi connectivity index (χ2v) is 5.29. The van der Waals surface area contributed by atoms with Crippen molar-refractivity contribution in [2.75, 3.05) is 0 Å². The maximum absolute atomic E-state index is 12.8. The van der Waals surface area contributed by atoms with Crippen LogP contribution in [0.25, 0.3) is 0 Å². The van der Waals surface area contributed by atoms with E-state index in [0.29, 0.717) is 18.1 Å². The molecule has 0 heterocycles. The quantitative estimate of drug-likeness (QED) is 0.806. The van der Waals surface area contributed by atoms with Crippen LogP contribution in [-0.4, -0.2) is 29.1 Å². The van der Waals surface area contributed by atoms with Crippen molar-refractivity contribution in [3.05, 3.63) is 30.1 Å². The molecule has 0 radical (unpaired) electrons. The third kappa shape index (κ3) is 4.73. The minimum Gasteiger partial charge on any atom is -0.481 e. The van der Waals surface area contributed by atoms with Gasteiger partial charge in [-0.1, -0.05) is 12.8 Å². The Labute approximate surface area is 122 Å². The predicted molar refractivity (Wildman–Crippen MR) is 73.4 cm³/mol. The van der Waals surface area contributed by atoms with Gasteiger partial charge in [0, 0.05) is 0 Å². The van der Waals surface area contributed by atoms with Gasteiger partial charge >= 0.3 is 5.97 Å². The van der Waals surface area contributed by atoms with Crippen molar-refractivity contribution in [2.24, 2.45) is 5.92 Å². The van der Waals surface area contributed by atoms with E-state index in [9.17, 15) is 14.0 Å². The Morgan fingerprint density at radius 2 is 2.00 bits per heavy atom. The molecule has 1 aliphatic rings. The zero-order valence-electron chi connectivity index (χ0n) is 11.7. The SMILES string of the molecule is CC(Oc1ccc(F)cc1)C(=O)NC(CC1CC1)C(=O)O. The number of nitrogens with one attached hydrogen (secondary N) is 1. The van der Waals surface area contributed by atoms with E-state index in [1.54, 1.807) is 0 Å². The maximum atomic E-state index is 12.8. The Balaban J connectivity index is 1.88. The molecule has 21 heavy (non-hydrogen) atoms. The largest absolute Gasteiger partial charge is 0.481 e. The fourth-order valence-corrected chi connectivity index (χ4v) is 1.97. The molecular formula is C15H18FNO4. The van der Waals surface area contributed by atoms with Crippen LogP contribution in [-0.2, 0) is 9.59 Å². The maximum Gasteiger partial charge on any atom is 0.326 e. The second kappa shape index (κ2) is 6.56. The number of hydrogen-bond acceptors (Lipinski definition) is 3. The summed E-state index contributed by atoms with van der Waals surface area (Å²) in [4.78, 5) is 23.1. The first-order valence-corrected chi connectivity index (χ1v) is 6.91. The third-order valence-corrected chi connectivity index (χ3v) is 3.38. The van der Waals surface area contributed by atoms with Crippen LogP contribution in [0.4, 0.5) is 4.39 Å². The van der Waals surface area contributed by atoms with Gasteiger partial charge in [-0.25, -0.2) is 9.18 Å². The van der Waals surface area contributed by atoms with Gasteiger partial charge in [-0.15, -0.1) is 0 Å². The molecule has 1 saturated carbocycles. The number of aliphatic carboxylic acids is 1. The molecule has 0 aromatic heterocycles. The molecule has 2 unspecified atom stereocenters. The van der Waals surface area contributed by atoms with Gasteiger partial charge in [-0.05, 0) is 43.5 Å². The number of ether oxygens (including phenoxy) is 1. The summed E-state index contributed by atoms with van der Waals surface area (Å²) < 4.78 is 18.1. The predicted octanol–water partition coefficient (Wildman–Crippen LogP) is 1.96. The number of benzene rings is 1. The standard InChI is InChI=1S/C15H18FNO4/c1-9(21-12-6-4-11(16)5-7-12)14(18)17-13(15(19)20)8-10-2-3-10/h4-7,9-10,13H,2-3,8H2,1H3,(H,17,18)(H,19,20). The Hall–Kier alpha value is -2.11. The Morgan fingerprint density at radius 3 is 2.52 bits per heavy atom. The molecule has 1 aromatic rings. The molecule has 6 heteroatoms. The van der Waals surface area contributed by atoms with Crippen LogP contribution in [0.3, 0.4) is 0 Å². The number of carboxylic acid groups (broad SMARTS) is 1. The first-order chi connectivity index (χ1) is 9.95. The molecule has 114 valence electrons. The lowest BCUT2D eigenvalue weighted by Gasteiger charge is -2.18. The van der Waals surface area contributed by atoms with Crippen LogP contribution in [0, 0.1) is 11.7 Å². The van der Waals surface area contributed by atoms with Gasteiger partial charge in [0.1, 0.15) is 17.6 Å². The van der Waals surface area contributed by atoms with Crippen LogP contribution in [0.15, 0.2) is 24.3 Å².